The van der Waals surface area contributed by atoms with Crippen molar-refractivity contribution in [2.45, 2.75) is 31.3 Å². The number of ketones is 1. The Morgan fingerprint density at radius 2 is 1.82 bits per heavy atom. The molecule has 0 bridgehead atoms. The summed E-state index contributed by atoms with van der Waals surface area (Å²) in [6.45, 7) is 2.34. The van der Waals surface area contributed by atoms with Gasteiger partial charge in [0, 0.05) is 15.6 Å². The Morgan fingerprint density at radius 1 is 1.07 bits per heavy atom. The number of carbonyl (C=O) groups is 2. The molecule has 2 aromatic carbocycles. The van der Waals surface area contributed by atoms with Crippen LogP contribution in [0.15, 0.2) is 53.0 Å². The Bertz CT molecular complexity index is 910. The predicted molar refractivity (Wildman–Crippen MR) is 111 cm³/mol. The van der Waals surface area contributed by atoms with Crippen LogP contribution in [0.3, 0.4) is 0 Å². The fourth-order valence-corrected chi connectivity index (χ4v) is 4.51. The van der Waals surface area contributed by atoms with Crippen LogP contribution in [-0.4, -0.2) is 41.5 Å². The number of piperidine rings is 1. The van der Waals surface area contributed by atoms with Gasteiger partial charge in [0.05, 0.1) is 18.8 Å². The highest BCUT2D eigenvalue weighted by Gasteiger charge is 2.51. The number of fused-ring (bicyclic) bond motifs is 1. The number of likely N-dealkylation sites (tertiary alicyclic amines) is 1. The van der Waals surface area contributed by atoms with E-state index in [0.717, 1.165) is 30.4 Å². The standard InChI is InChI=1S/C22H23BrN2O3/c23-17-8-6-7-16(13-17)20(26)14-22(28)18-9-2-3-10-19(18)25(21(22)27)15-24-11-4-1-5-12-24/h2-3,6-10,13,28H,1,4-5,11-12,14-15H2. The second-order valence-electron chi connectivity index (χ2n) is 7.54. The summed E-state index contributed by atoms with van der Waals surface area (Å²) in [5.74, 6) is -0.672. The number of benzene rings is 2. The minimum atomic E-state index is -1.83. The normalized spacial score (nSPS) is 22.4. The van der Waals surface area contributed by atoms with Crippen LogP contribution in [0.25, 0.3) is 0 Å². The summed E-state index contributed by atoms with van der Waals surface area (Å²) in [6, 6.07) is 14.3. The third-order valence-electron chi connectivity index (χ3n) is 5.59. The second kappa shape index (κ2) is 7.78. The van der Waals surface area contributed by atoms with Crippen LogP contribution < -0.4 is 4.90 Å². The van der Waals surface area contributed by atoms with Crippen LogP contribution in [-0.2, 0) is 10.4 Å². The van der Waals surface area contributed by atoms with E-state index in [1.54, 1.807) is 35.2 Å². The zero-order valence-electron chi connectivity index (χ0n) is 15.6. The fraction of sp³-hybridized carbons (Fsp3) is 0.364. The first kappa shape index (κ1) is 19.3. The third-order valence-corrected chi connectivity index (χ3v) is 6.09. The van der Waals surface area contributed by atoms with Gasteiger partial charge in [-0.15, -0.1) is 0 Å². The monoisotopic (exact) mass is 442 g/mol. The van der Waals surface area contributed by atoms with Gasteiger partial charge in [0.1, 0.15) is 0 Å². The average molecular weight is 443 g/mol. The number of hydrogen-bond acceptors (Lipinski definition) is 4. The molecular formula is C22H23BrN2O3. The Morgan fingerprint density at radius 3 is 2.57 bits per heavy atom. The van der Waals surface area contributed by atoms with Gasteiger partial charge in [-0.05, 0) is 44.1 Å². The number of hydrogen-bond donors (Lipinski definition) is 1. The van der Waals surface area contributed by atoms with E-state index < -0.39 is 11.5 Å². The van der Waals surface area contributed by atoms with E-state index in [4.69, 9.17) is 0 Å². The van der Waals surface area contributed by atoms with Gasteiger partial charge in [0.25, 0.3) is 5.91 Å². The Balaban J connectivity index is 1.62. The minimum absolute atomic E-state index is 0.258. The fourth-order valence-electron chi connectivity index (χ4n) is 4.12. The topological polar surface area (TPSA) is 60.9 Å². The van der Waals surface area contributed by atoms with Gasteiger partial charge in [0.2, 0.25) is 0 Å². The van der Waals surface area contributed by atoms with Crippen molar-refractivity contribution in [2.75, 3.05) is 24.7 Å². The van der Waals surface area contributed by atoms with Gasteiger partial charge in [-0.1, -0.05) is 52.7 Å². The van der Waals surface area contributed by atoms with Gasteiger partial charge in [-0.25, -0.2) is 0 Å². The quantitative estimate of drug-likeness (QED) is 0.717. The smallest absolute Gasteiger partial charge is 0.265 e. The van der Waals surface area contributed by atoms with E-state index in [-0.39, 0.29) is 12.2 Å². The van der Waals surface area contributed by atoms with Crippen molar-refractivity contribution in [3.8, 4) is 0 Å². The maximum Gasteiger partial charge on any atom is 0.265 e. The molecule has 2 aromatic rings. The molecular weight excluding hydrogens is 420 g/mol. The average Bonchev–Trinajstić information content (AvgIpc) is 2.91. The van der Waals surface area contributed by atoms with E-state index in [1.807, 2.05) is 18.2 Å². The molecule has 5 nitrogen and oxygen atoms in total. The number of carbonyl (C=O) groups excluding carboxylic acids is 2. The Labute approximate surface area is 173 Å². The van der Waals surface area contributed by atoms with Crippen LogP contribution in [0.1, 0.15) is 41.6 Å². The summed E-state index contributed by atoms with van der Waals surface area (Å²) in [6.07, 6.45) is 3.19. The number of amides is 1. The number of aliphatic hydroxyl groups is 1. The van der Waals surface area contributed by atoms with Crippen molar-refractivity contribution in [1.29, 1.82) is 0 Å². The highest BCUT2D eigenvalue weighted by Crippen LogP contribution is 2.43. The summed E-state index contributed by atoms with van der Waals surface area (Å²) in [5.41, 5.74) is -0.142. The molecule has 0 aromatic heterocycles. The molecule has 1 amide bonds. The zero-order valence-corrected chi connectivity index (χ0v) is 17.2. The lowest BCUT2D eigenvalue weighted by Gasteiger charge is -2.31. The molecule has 1 atom stereocenters. The lowest BCUT2D eigenvalue weighted by Crippen LogP contribution is -2.47. The first-order valence-electron chi connectivity index (χ1n) is 9.64. The first-order chi connectivity index (χ1) is 13.5. The predicted octanol–water partition coefficient (Wildman–Crippen LogP) is 3.70. The number of anilines is 1. The van der Waals surface area contributed by atoms with Crippen LogP contribution in [0.4, 0.5) is 5.69 Å². The summed E-state index contributed by atoms with van der Waals surface area (Å²) < 4.78 is 0.787. The zero-order chi connectivity index (χ0) is 19.7. The highest BCUT2D eigenvalue weighted by molar-refractivity contribution is 9.10. The van der Waals surface area contributed by atoms with Crippen molar-refractivity contribution in [3.05, 3.63) is 64.1 Å². The molecule has 2 aliphatic heterocycles. The van der Waals surface area contributed by atoms with Gasteiger partial charge in [0.15, 0.2) is 11.4 Å². The maximum atomic E-state index is 13.3. The Hall–Kier alpha value is -2.02. The molecule has 0 saturated carbocycles. The number of halogens is 1. The van der Waals surface area contributed by atoms with E-state index in [9.17, 15) is 14.7 Å². The van der Waals surface area contributed by atoms with Crippen LogP contribution in [0.5, 0.6) is 0 Å². The molecule has 1 saturated heterocycles. The maximum absolute atomic E-state index is 13.3. The summed E-state index contributed by atoms with van der Waals surface area (Å²) in [7, 11) is 0. The van der Waals surface area contributed by atoms with Crippen LogP contribution in [0, 0.1) is 0 Å². The van der Waals surface area contributed by atoms with Gasteiger partial charge in [-0.3, -0.25) is 19.4 Å². The van der Waals surface area contributed by atoms with Crippen molar-refractivity contribution in [1.82, 2.24) is 4.90 Å². The van der Waals surface area contributed by atoms with Crippen molar-refractivity contribution in [2.24, 2.45) is 0 Å². The molecule has 1 fully saturated rings. The molecule has 146 valence electrons. The third kappa shape index (κ3) is 3.52. The summed E-state index contributed by atoms with van der Waals surface area (Å²) >= 11 is 3.36. The molecule has 0 radical (unpaired) electrons. The SMILES string of the molecule is O=C(CC1(O)C(=O)N(CN2CCCCC2)c2ccccc21)c1cccc(Br)c1. The molecule has 0 aliphatic carbocycles. The molecule has 4 rings (SSSR count). The van der Waals surface area contributed by atoms with Gasteiger partial charge >= 0.3 is 0 Å². The Kier molecular flexibility index (Phi) is 5.36. The molecule has 1 N–H and O–H groups in total. The second-order valence-corrected chi connectivity index (χ2v) is 8.46. The minimum Gasteiger partial charge on any atom is -0.375 e. The number of nitrogens with zero attached hydrogens (tertiary/aromatic N) is 2. The number of rotatable bonds is 5. The lowest BCUT2D eigenvalue weighted by molar-refractivity contribution is -0.136. The molecule has 2 aliphatic rings. The molecule has 28 heavy (non-hydrogen) atoms. The molecule has 1 unspecified atom stereocenters. The molecule has 2 heterocycles. The van der Waals surface area contributed by atoms with Crippen molar-refractivity contribution in [3.63, 3.8) is 0 Å². The van der Waals surface area contributed by atoms with Crippen LogP contribution >= 0.6 is 15.9 Å². The molecule has 0 spiro atoms. The summed E-state index contributed by atoms with van der Waals surface area (Å²) in [4.78, 5) is 30.0. The lowest BCUT2D eigenvalue weighted by atomic mass is 9.88. The van der Waals surface area contributed by atoms with E-state index >= 15 is 0 Å². The van der Waals surface area contributed by atoms with E-state index in [2.05, 4.69) is 20.8 Å². The van der Waals surface area contributed by atoms with Gasteiger partial charge < -0.3 is 5.11 Å². The molecule has 6 heteroatoms. The number of Topliss-reactive ketones (excluding diaryl/α,β-unsaturated/α-hetero) is 1. The van der Waals surface area contributed by atoms with Crippen molar-refractivity contribution >= 4 is 33.3 Å². The number of para-hydroxylation sites is 1. The largest absolute Gasteiger partial charge is 0.375 e. The van der Waals surface area contributed by atoms with Gasteiger partial charge in [-0.2, -0.15) is 0 Å². The summed E-state index contributed by atoms with van der Waals surface area (Å²) in [5, 5.41) is 11.4. The first-order valence-corrected chi connectivity index (χ1v) is 10.4. The highest BCUT2D eigenvalue weighted by atomic mass is 79.9. The van der Waals surface area contributed by atoms with Crippen molar-refractivity contribution < 1.29 is 14.7 Å². The van der Waals surface area contributed by atoms with E-state index in [1.165, 1.54) is 6.42 Å². The van der Waals surface area contributed by atoms with E-state index in [0.29, 0.717) is 23.5 Å². The van der Waals surface area contributed by atoms with Crippen LogP contribution in [0.2, 0.25) is 0 Å².